The van der Waals surface area contributed by atoms with Crippen molar-refractivity contribution < 1.29 is 0 Å². The van der Waals surface area contributed by atoms with Gasteiger partial charge in [-0.2, -0.15) is 0 Å². The van der Waals surface area contributed by atoms with Crippen LogP contribution >= 0.6 is 0 Å². The molecular weight excluding hydrogens is 385 g/mol. The third-order valence-corrected chi connectivity index (χ3v) is 9.94. The minimum atomic E-state index is -0.423. The molecule has 27 heavy (non-hydrogen) atoms. The number of hydrogen-bond acceptors (Lipinski definition) is 0. The molecule has 0 aliphatic carbocycles. The molecule has 2 radical (unpaired) electrons. The van der Waals surface area contributed by atoms with Crippen molar-refractivity contribution in [1.29, 1.82) is 0 Å². The number of rotatable bonds is 2. The van der Waals surface area contributed by atoms with Gasteiger partial charge in [0.1, 0.15) is 0 Å². The van der Waals surface area contributed by atoms with E-state index in [2.05, 4.69) is 95.2 Å². The van der Waals surface area contributed by atoms with E-state index in [0.717, 1.165) is 0 Å². The summed E-state index contributed by atoms with van der Waals surface area (Å²) in [5.74, 6) is 0. The first-order valence-electron chi connectivity index (χ1n) is 10.2. The van der Waals surface area contributed by atoms with Crippen molar-refractivity contribution in [1.82, 2.24) is 0 Å². The topological polar surface area (TPSA) is 0 Å². The predicted molar refractivity (Wildman–Crippen MR) is 124 cm³/mol. The summed E-state index contributed by atoms with van der Waals surface area (Å²) >= 11 is -0.423. The zero-order chi connectivity index (χ0) is 20.9. The maximum atomic E-state index is 2.47. The van der Waals surface area contributed by atoms with Crippen molar-refractivity contribution in [2.45, 2.75) is 93.9 Å². The van der Waals surface area contributed by atoms with E-state index in [1.807, 2.05) is 0 Å². The molecule has 146 valence electrons. The third-order valence-electron chi connectivity index (χ3n) is 6.18. The van der Waals surface area contributed by atoms with Crippen LogP contribution in [-0.4, -0.2) is 15.4 Å². The Hall–Kier alpha value is -1.02. The fraction of sp³-hybridized carbons (Fsp3) is 0.538. The average Bonchev–Trinajstić information content (AvgIpc) is 2.52. The summed E-state index contributed by atoms with van der Waals surface area (Å²) in [6.07, 6.45) is 0. The van der Waals surface area contributed by atoms with E-state index in [9.17, 15) is 0 Å². The standard InChI is InChI=1S/C26H38Ge/c1-15-13-21(25(7,8)9)23(19(5)17(15)3)27-24-20(6)18(4)16(2)14-22(24)26(10,11)12/h13-14H,1-12H3. The van der Waals surface area contributed by atoms with E-state index in [4.69, 9.17) is 0 Å². The summed E-state index contributed by atoms with van der Waals surface area (Å²) in [6.45, 7) is 28.0. The van der Waals surface area contributed by atoms with Gasteiger partial charge in [-0.1, -0.05) is 0 Å². The van der Waals surface area contributed by atoms with Crippen LogP contribution in [0.15, 0.2) is 12.1 Å². The summed E-state index contributed by atoms with van der Waals surface area (Å²) in [6, 6.07) is 4.93. The summed E-state index contributed by atoms with van der Waals surface area (Å²) in [5, 5.41) is 0. The molecule has 0 atom stereocenters. The molecule has 2 aromatic rings. The van der Waals surface area contributed by atoms with Gasteiger partial charge in [0, 0.05) is 0 Å². The Bertz CT molecular complexity index is 798. The van der Waals surface area contributed by atoms with Gasteiger partial charge in [-0.15, -0.1) is 0 Å². The van der Waals surface area contributed by atoms with Gasteiger partial charge in [-0.25, -0.2) is 0 Å². The van der Waals surface area contributed by atoms with Gasteiger partial charge in [-0.3, -0.25) is 0 Å². The zero-order valence-electron chi connectivity index (χ0n) is 19.7. The van der Waals surface area contributed by atoms with Crippen LogP contribution in [0.1, 0.15) is 86.1 Å². The molecule has 1 heteroatoms. The maximum absolute atomic E-state index is 2.47. The van der Waals surface area contributed by atoms with E-state index >= 15 is 0 Å². The fourth-order valence-corrected chi connectivity index (χ4v) is 8.33. The summed E-state index contributed by atoms with van der Waals surface area (Å²) in [5.41, 5.74) is 12.3. The first-order valence-corrected chi connectivity index (χ1v) is 12.3. The first-order chi connectivity index (χ1) is 12.2. The Morgan fingerprint density at radius 2 is 0.815 bits per heavy atom. The van der Waals surface area contributed by atoms with Gasteiger partial charge in [0.15, 0.2) is 0 Å². The van der Waals surface area contributed by atoms with Gasteiger partial charge in [-0.05, 0) is 0 Å². The van der Waals surface area contributed by atoms with Gasteiger partial charge < -0.3 is 0 Å². The van der Waals surface area contributed by atoms with Crippen LogP contribution in [0.2, 0.25) is 0 Å². The monoisotopic (exact) mass is 424 g/mol. The number of benzene rings is 2. The second-order valence-electron chi connectivity index (χ2n) is 10.4. The fourth-order valence-electron chi connectivity index (χ4n) is 3.79. The molecule has 0 nitrogen and oxygen atoms in total. The summed E-state index contributed by atoms with van der Waals surface area (Å²) < 4.78 is 3.31. The van der Waals surface area contributed by atoms with Crippen LogP contribution in [0.4, 0.5) is 0 Å². The summed E-state index contributed by atoms with van der Waals surface area (Å²) in [7, 11) is 0. The van der Waals surface area contributed by atoms with E-state index in [-0.39, 0.29) is 10.8 Å². The van der Waals surface area contributed by atoms with Crippen molar-refractivity contribution >= 4 is 24.2 Å². The molecule has 0 bridgehead atoms. The molecule has 0 aliphatic heterocycles. The Morgan fingerprint density at radius 3 is 1.07 bits per heavy atom. The van der Waals surface area contributed by atoms with Crippen LogP contribution in [0, 0.1) is 41.5 Å². The molecule has 0 heterocycles. The number of hydrogen-bond donors (Lipinski definition) is 0. The van der Waals surface area contributed by atoms with Gasteiger partial charge >= 0.3 is 175 Å². The van der Waals surface area contributed by atoms with E-state index in [1.165, 1.54) is 33.4 Å². The Morgan fingerprint density at radius 1 is 0.519 bits per heavy atom. The van der Waals surface area contributed by atoms with E-state index in [1.54, 1.807) is 19.9 Å². The van der Waals surface area contributed by atoms with Crippen molar-refractivity contribution in [2.24, 2.45) is 0 Å². The summed E-state index contributed by atoms with van der Waals surface area (Å²) in [4.78, 5) is 0. The van der Waals surface area contributed by atoms with Crippen LogP contribution < -0.4 is 8.79 Å². The van der Waals surface area contributed by atoms with Crippen molar-refractivity contribution in [3.05, 3.63) is 56.6 Å². The zero-order valence-corrected chi connectivity index (χ0v) is 21.8. The molecule has 0 fully saturated rings. The molecule has 0 saturated carbocycles. The van der Waals surface area contributed by atoms with Crippen LogP contribution in [0.25, 0.3) is 0 Å². The molecule has 2 aromatic carbocycles. The third kappa shape index (κ3) is 4.37. The minimum absolute atomic E-state index is 0.178. The molecule has 0 saturated heterocycles. The molecular formula is C26H38Ge. The molecule has 0 amide bonds. The van der Waals surface area contributed by atoms with Crippen LogP contribution in [-0.2, 0) is 10.8 Å². The molecule has 0 unspecified atom stereocenters. The van der Waals surface area contributed by atoms with Crippen molar-refractivity contribution in [3.8, 4) is 0 Å². The molecule has 0 aromatic heterocycles. The van der Waals surface area contributed by atoms with E-state index in [0.29, 0.717) is 0 Å². The SMILES string of the molecule is Cc1cc(C(C)(C)C)[c]([Ge][c]2c(C(C)(C)C)cc(C)c(C)c2C)c(C)c1C. The molecule has 2 rings (SSSR count). The van der Waals surface area contributed by atoms with E-state index < -0.39 is 15.4 Å². The first kappa shape index (κ1) is 22.3. The Balaban J connectivity index is 2.82. The average molecular weight is 423 g/mol. The second kappa shape index (κ2) is 7.43. The molecule has 0 spiro atoms. The molecule has 0 N–H and O–H groups in total. The Labute approximate surface area is 174 Å². The van der Waals surface area contributed by atoms with Gasteiger partial charge in [0.05, 0.1) is 0 Å². The van der Waals surface area contributed by atoms with Crippen LogP contribution in [0.3, 0.4) is 0 Å². The quantitative estimate of drug-likeness (QED) is 0.537. The predicted octanol–water partition coefficient (Wildman–Crippen LogP) is 5.79. The number of aryl methyl sites for hydroxylation is 2. The van der Waals surface area contributed by atoms with Crippen molar-refractivity contribution in [3.63, 3.8) is 0 Å². The van der Waals surface area contributed by atoms with Gasteiger partial charge in [0.2, 0.25) is 0 Å². The van der Waals surface area contributed by atoms with Gasteiger partial charge in [0.25, 0.3) is 0 Å². The second-order valence-corrected chi connectivity index (χ2v) is 13.0. The van der Waals surface area contributed by atoms with Crippen LogP contribution in [0.5, 0.6) is 0 Å². The van der Waals surface area contributed by atoms with Crippen molar-refractivity contribution in [2.75, 3.05) is 0 Å². The Kier molecular flexibility index (Phi) is 6.13. The molecule has 0 aliphatic rings. The normalized spacial score (nSPS) is 12.6.